The van der Waals surface area contributed by atoms with Crippen LogP contribution in [0.3, 0.4) is 0 Å². The first-order chi connectivity index (χ1) is 10.1. The molecule has 6 heteroatoms. The van der Waals surface area contributed by atoms with Crippen molar-refractivity contribution in [1.82, 2.24) is 0 Å². The average molecular weight is 396 g/mol. The van der Waals surface area contributed by atoms with Crippen LogP contribution in [-0.2, 0) is 4.79 Å². The molecular formula is C15H13IN2O3. The second-order valence-corrected chi connectivity index (χ2v) is 5.39. The molecule has 0 aliphatic heterocycles. The minimum atomic E-state index is -1.07. The number of halogens is 1. The predicted molar refractivity (Wildman–Crippen MR) is 89.6 cm³/mol. The molecule has 0 radical (unpaired) electrons. The van der Waals surface area contributed by atoms with Crippen molar-refractivity contribution in [3.63, 3.8) is 0 Å². The largest absolute Gasteiger partial charge is 0.480 e. The first-order valence-electron chi connectivity index (χ1n) is 6.18. The molecule has 2 N–H and O–H groups in total. The summed E-state index contributed by atoms with van der Waals surface area (Å²) < 4.78 is 0.881. The molecule has 0 atom stereocenters. The number of carboxylic acid groups (broad SMARTS) is 1. The molecule has 0 aliphatic carbocycles. The van der Waals surface area contributed by atoms with E-state index < -0.39 is 18.5 Å². The lowest BCUT2D eigenvalue weighted by Crippen LogP contribution is -2.39. The number of carbonyl (C=O) groups excluding carboxylic acids is 1. The number of amides is 2. The van der Waals surface area contributed by atoms with E-state index in [1.807, 2.05) is 18.2 Å². The van der Waals surface area contributed by atoms with Gasteiger partial charge in [0, 0.05) is 9.26 Å². The lowest BCUT2D eigenvalue weighted by atomic mass is 10.3. The quantitative estimate of drug-likeness (QED) is 0.779. The summed E-state index contributed by atoms with van der Waals surface area (Å²) in [6.07, 6.45) is 0. The van der Waals surface area contributed by atoms with Gasteiger partial charge in [-0.15, -0.1) is 0 Å². The van der Waals surface area contributed by atoms with Crippen molar-refractivity contribution in [2.24, 2.45) is 0 Å². The SMILES string of the molecule is O=C(O)CN(C(=O)Nc1ccccc1I)c1ccccc1. The Morgan fingerprint density at radius 3 is 2.29 bits per heavy atom. The highest BCUT2D eigenvalue weighted by molar-refractivity contribution is 14.1. The lowest BCUT2D eigenvalue weighted by molar-refractivity contribution is -0.135. The molecule has 0 bridgehead atoms. The molecule has 2 aromatic rings. The number of carbonyl (C=O) groups is 2. The molecule has 0 spiro atoms. The molecule has 5 nitrogen and oxygen atoms in total. The number of para-hydroxylation sites is 2. The molecule has 2 rings (SSSR count). The van der Waals surface area contributed by atoms with Crippen LogP contribution in [0.5, 0.6) is 0 Å². The third-order valence-electron chi connectivity index (χ3n) is 2.72. The zero-order chi connectivity index (χ0) is 15.2. The Morgan fingerprint density at radius 2 is 1.67 bits per heavy atom. The Hall–Kier alpha value is -2.09. The standard InChI is InChI=1S/C15H13IN2O3/c16-12-8-4-5-9-13(12)17-15(21)18(10-14(19)20)11-6-2-1-3-7-11/h1-9H,10H2,(H,17,21)(H,19,20). The Morgan fingerprint density at radius 1 is 1.05 bits per heavy atom. The fourth-order valence-electron chi connectivity index (χ4n) is 1.77. The minimum Gasteiger partial charge on any atom is -0.480 e. The number of benzene rings is 2. The zero-order valence-corrected chi connectivity index (χ0v) is 13.1. The van der Waals surface area contributed by atoms with Gasteiger partial charge in [0.1, 0.15) is 6.54 Å². The van der Waals surface area contributed by atoms with Crippen molar-refractivity contribution >= 4 is 46.0 Å². The highest BCUT2D eigenvalue weighted by atomic mass is 127. The number of aliphatic carboxylic acids is 1. The maximum atomic E-state index is 12.3. The molecule has 2 aromatic carbocycles. The maximum absolute atomic E-state index is 12.3. The van der Waals surface area contributed by atoms with Crippen LogP contribution in [0.4, 0.5) is 16.2 Å². The van der Waals surface area contributed by atoms with Gasteiger partial charge in [0.25, 0.3) is 0 Å². The molecule has 108 valence electrons. The summed E-state index contributed by atoms with van der Waals surface area (Å²) in [5, 5.41) is 11.7. The van der Waals surface area contributed by atoms with Crippen LogP contribution < -0.4 is 10.2 Å². The number of hydrogen-bond acceptors (Lipinski definition) is 2. The zero-order valence-electron chi connectivity index (χ0n) is 11.0. The molecule has 0 heterocycles. The van der Waals surface area contributed by atoms with E-state index in [0.717, 1.165) is 3.57 Å². The minimum absolute atomic E-state index is 0.404. The summed E-state index contributed by atoms with van der Waals surface area (Å²) in [6, 6.07) is 15.5. The van der Waals surface area contributed by atoms with Crippen molar-refractivity contribution in [1.29, 1.82) is 0 Å². The summed E-state index contributed by atoms with van der Waals surface area (Å²) in [6.45, 7) is -0.404. The molecule has 0 aliphatic rings. The molecule has 21 heavy (non-hydrogen) atoms. The Labute approximate surface area is 135 Å². The van der Waals surface area contributed by atoms with Gasteiger partial charge in [-0.3, -0.25) is 9.69 Å². The van der Waals surface area contributed by atoms with Crippen molar-refractivity contribution in [2.45, 2.75) is 0 Å². The third kappa shape index (κ3) is 4.19. The van der Waals surface area contributed by atoms with Crippen LogP contribution in [0.15, 0.2) is 54.6 Å². The number of carboxylic acids is 1. The number of urea groups is 1. The number of anilines is 2. The van der Waals surface area contributed by atoms with Gasteiger partial charge in [-0.05, 0) is 46.9 Å². The number of nitrogens with one attached hydrogen (secondary N) is 1. The topological polar surface area (TPSA) is 69.6 Å². The second-order valence-electron chi connectivity index (χ2n) is 4.23. The van der Waals surface area contributed by atoms with E-state index in [1.165, 1.54) is 4.90 Å². The van der Waals surface area contributed by atoms with Gasteiger partial charge in [-0.2, -0.15) is 0 Å². The van der Waals surface area contributed by atoms with E-state index >= 15 is 0 Å². The van der Waals surface area contributed by atoms with Crippen molar-refractivity contribution in [3.05, 3.63) is 58.2 Å². The summed E-state index contributed by atoms with van der Waals surface area (Å²) >= 11 is 2.11. The summed E-state index contributed by atoms with van der Waals surface area (Å²) in [5.41, 5.74) is 1.18. The maximum Gasteiger partial charge on any atom is 0.326 e. The fourth-order valence-corrected chi connectivity index (χ4v) is 2.29. The Bertz CT molecular complexity index is 646. The Kier molecular flexibility index (Phi) is 5.15. The number of nitrogens with zero attached hydrogens (tertiary/aromatic N) is 1. The van der Waals surface area contributed by atoms with Crippen LogP contribution in [-0.4, -0.2) is 23.7 Å². The molecule has 0 unspecified atom stereocenters. The highest BCUT2D eigenvalue weighted by Crippen LogP contribution is 2.19. The van der Waals surface area contributed by atoms with E-state index in [1.54, 1.807) is 36.4 Å². The second kappa shape index (κ2) is 7.07. The van der Waals surface area contributed by atoms with Gasteiger partial charge < -0.3 is 10.4 Å². The van der Waals surface area contributed by atoms with Crippen LogP contribution in [0, 0.1) is 3.57 Å². The van der Waals surface area contributed by atoms with Crippen molar-refractivity contribution < 1.29 is 14.7 Å². The van der Waals surface area contributed by atoms with Crippen LogP contribution in [0.25, 0.3) is 0 Å². The molecular weight excluding hydrogens is 383 g/mol. The smallest absolute Gasteiger partial charge is 0.326 e. The van der Waals surface area contributed by atoms with Gasteiger partial charge in [-0.1, -0.05) is 30.3 Å². The van der Waals surface area contributed by atoms with Gasteiger partial charge in [-0.25, -0.2) is 4.79 Å². The molecule has 0 fully saturated rings. The van der Waals surface area contributed by atoms with Gasteiger partial charge in [0.2, 0.25) is 0 Å². The van der Waals surface area contributed by atoms with E-state index in [9.17, 15) is 9.59 Å². The van der Waals surface area contributed by atoms with Gasteiger partial charge in [0.05, 0.1) is 5.69 Å². The molecule has 0 saturated heterocycles. The van der Waals surface area contributed by atoms with Gasteiger partial charge in [0.15, 0.2) is 0 Å². The molecule has 0 saturated carbocycles. The summed E-state index contributed by atoms with van der Waals surface area (Å²) in [4.78, 5) is 24.5. The monoisotopic (exact) mass is 396 g/mol. The fraction of sp³-hybridized carbons (Fsp3) is 0.0667. The first-order valence-corrected chi connectivity index (χ1v) is 7.25. The number of hydrogen-bond donors (Lipinski definition) is 2. The van der Waals surface area contributed by atoms with E-state index in [0.29, 0.717) is 11.4 Å². The predicted octanol–water partition coefficient (Wildman–Crippen LogP) is 3.41. The summed E-state index contributed by atoms with van der Waals surface area (Å²) in [5.74, 6) is -1.07. The normalized spacial score (nSPS) is 9.95. The van der Waals surface area contributed by atoms with Crippen molar-refractivity contribution in [2.75, 3.05) is 16.8 Å². The molecule has 2 amide bonds. The van der Waals surface area contributed by atoms with E-state index in [2.05, 4.69) is 27.9 Å². The Balaban J connectivity index is 2.23. The van der Waals surface area contributed by atoms with E-state index in [-0.39, 0.29) is 0 Å². The van der Waals surface area contributed by atoms with Crippen LogP contribution in [0.2, 0.25) is 0 Å². The highest BCUT2D eigenvalue weighted by Gasteiger charge is 2.19. The first kappa shape index (κ1) is 15.3. The average Bonchev–Trinajstić information content (AvgIpc) is 2.48. The van der Waals surface area contributed by atoms with E-state index in [4.69, 9.17) is 5.11 Å². The van der Waals surface area contributed by atoms with Crippen molar-refractivity contribution in [3.8, 4) is 0 Å². The van der Waals surface area contributed by atoms with Crippen LogP contribution in [0.1, 0.15) is 0 Å². The lowest BCUT2D eigenvalue weighted by Gasteiger charge is -2.21. The van der Waals surface area contributed by atoms with Gasteiger partial charge >= 0.3 is 12.0 Å². The third-order valence-corrected chi connectivity index (χ3v) is 3.66. The van der Waals surface area contributed by atoms with Crippen LogP contribution >= 0.6 is 22.6 Å². The summed E-state index contributed by atoms with van der Waals surface area (Å²) in [7, 11) is 0. The molecule has 0 aromatic heterocycles. The number of rotatable bonds is 4.